The Morgan fingerprint density at radius 1 is 1.14 bits per heavy atom. The van der Waals surface area contributed by atoms with Crippen molar-refractivity contribution in [1.82, 2.24) is 10.2 Å². The van der Waals surface area contributed by atoms with E-state index in [0.29, 0.717) is 6.04 Å². The van der Waals surface area contributed by atoms with Gasteiger partial charge in [-0.15, -0.1) is 0 Å². The average molecular weight is 286 g/mol. The van der Waals surface area contributed by atoms with Crippen LogP contribution in [0.3, 0.4) is 0 Å². The first-order chi connectivity index (χ1) is 10.2. The van der Waals surface area contributed by atoms with Crippen molar-refractivity contribution in [1.29, 1.82) is 0 Å². The molecule has 3 atom stereocenters. The lowest BCUT2D eigenvalue weighted by molar-refractivity contribution is 0.116. The monoisotopic (exact) mass is 286 g/mol. The maximum absolute atomic E-state index is 3.74. The lowest BCUT2D eigenvalue weighted by Crippen LogP contribution is -2.42. The van der Waals surface area contributed by atoms with Crippen molar-refractivity contribution < 1.29 is 0 Å². The van der Waals surface area contributed by atoms with Crippen LogP contribution in [0.4, 0.5) is 0 Å². The van der Waals surface area contributed by atoms with Gasteiger partial charge in [0.1, 0.15) is 0 Å². The molecule has 1 aromatic carbocycles. The van der Waals surface area contributed by atoms with Crippen molar-refractivity contribution in [2.45, 2.75) is 63.6 Å². The van der Waals surface area contributed by atoms with Crippen LogP contribution in [0.15, 0.2) is 30.3 Å². The van der Waals surface area contributed by atoms with Crippen LogP contribution in [0.25, 0.3) is 0 Å². The number of hydrogen-bond donors (Lipinski definition) is 1. The molecule has 0 amide bonds. The van der Waals surface area contributed by atoms with Gasteiger partial charge in [-0.2, -0.15) is 0 Å². The molecule has 0 saturated heterocycles. The van der Waals surface area contributed by atoms with E-state index in [4.69, 9.17) is 0 Å². The predicted molar refractivity (Wildman–Crippen MR) is 89.4 cm³/mol. The van der Waals surface area contributed by atoms with Gasteiger partial charge in [-0.3, -0.25) is 4.90 Å². The molecule has 2 saturated carbocycles. The molecule has 1 N–H and O–H groups in total. The molecule has 0 bridgehead atoms. The Morgan fingerprint density at radius 3 is 2.57 bits per heavy atom. The summed E-state index contributed by atoms with van der Waals surface area (Å²) in [5.41, 5.74) is 1.46. The molecule has 116 valence electrons. The molecule has 21 heavy (non-hydrogen) atoms. The van der Waals surface area contributed by atoms with Gasteiger partial charge in [-0.1, -0.05) is 50.1 Å². The first-order valence-electron chi connectivity index (χ1n) is 8.74. The second-order valence-corrected chi connectivity index (χ2v) is 7.20. The van der Waals surface area contributed by atoms with Gasteiger partial charge < -0.3 is 5.32 Å². The summed E-state index contributed by atoms with van der Waals surface area (Å²) in [5.74, 6) is 0.888. The molecule has 3 rings (SSSR count). The first-order valence-corrected chi connectivity index (χ1v) is 8.74. The topological polar surface area (TPSA) is 15.3 Å². The minimum Gasteiger partial charge on any atom is -0.312 e. The number of hydrogen-bond acceptors (Lipinski definition) is 2. The highest BCUT2D eigenvalue weighted by molar-refractivity contribution is 5.20. The van der Waals surface area contributed by atoms with E-state index >= 15 is 0 Å². The number of rotatable bonds is 6. The Hall–Kier alpha value is -0.860. The van der Waals surface area contributed by atoms with Crippen LogP contribution < -0.4 is 5.32 Å². The number of benzene rings is 1. The lowest BCUT2D eigenvalue weighted by atomic mass is 9.85. The summed E-state index contributed by atoms with van der Waals surface area (Å²) in [6.45, 7) is 3.51. The molecule has 2 heteroatoms. The summed E-state index contributed by atoms with van der Waals surface area (Å²) in [6.07, 6.45) is 8.28. The Balaban J connectivity index is 1.70. The molecule has 0 aromatic heterocycles. The molecule has 0 aliphatic heterocycles. The van der Waals surface area contributed by atoms with E-state index in [1.54, 1.807) is 0 Å². The van der Waals surface area contributed by atoms with E-state index in [1.165, 1.54) is 44.1 Å². The molecule has 1 aromatic rings. The van der Waals surface area contributed by atoms with Crippen molar-refractivity contribution in [2.24, 2.45) is 5.92 Å². The SMILES string of the molecule is CC1CCCC(N(C)C(CNC2CC2)c2ccccc2)C1. The minimum atomic E-state index is 0.516. The zero-order chi connectivity index (χ0) is 14.7. The van der Waals surface area contributed by atoms with Gasteiger partial charge in [0.05, 0.1) is 0 Å². The predicted octanol–water partition coefficient (Wildman–Crippen LogP) is 3.99. The van der Waals surface area contributed by atoms with Crippen molar-refractivity contribution in [3.63, 3.8) is 0 Å². The van der Waals surface area contributed by atoms with Crippen LogP contribution in [0.2, 0.25) is 0 Å². The number of nitrogens with zero attached hydrogens (tertiary/aromatic N) is 1. The van der Waals surface area contributed by atoms with Crippen LogP contribution in [0, 0.1) is 5.92 Å². The summed E-state index contributed by atoms with van der Waals surface area (Å²) in [6, 6.07) is 13.1. The van der Waals surface area contributed by atoms with Crippen LogP contribution in [0.5, 0.6) is 0 Å². The zero-order valence-corrected chi connectivity index (χ0v) is 13.6. The van der Waals surface area contributed by atoms with Crippen molar-refractivity contribution in [2.75, 3.05) is 13.6 Å². The number of likely N-dealkylation sites (N-methyl/N-ethyl adjacent to an activating group) is 1. The van der Waals surface area contributed by atoms with E-state index in [2.05, 4.69) is 54.5 Å². The number of nitrogens with one attached hydrogen (secondary N) is 1. The quantitative estimate of drug-likeness (QED) is 0.850. The lowest BCUT2D eigenvalue weighted by Gasteiger charge is -2.39. The fourth-order valence-electron chi connectivity index (χ4n) is 3.76. The van der Waals surface area contributed by atoms with E-state index in [1.807, 2.05) is 0 Å². The van der Waals surface area contributed by atoms with Gasteiger partial charge in [-0.05, 0) is 44.2 Å². The van der Waals surface area contributed by atoms with E-state index in [0.717, 1.165) is 24.5 Å². The third kappa shape index (κ3) is 4.08. The molecule has 0 spiro atoms. The molecule has 0 radical (unpaired) electrons. The fraction of sp³-hybridized carbons (Fsp3) is 0.684. The smallest absolute Gasteiger partial charge is 0.0472 e. The summed E-state index contributed by atoms with van der Waals surface area (Å²) < 4.78 is 0. The summed E-state index contributed by atoms with van der Waals surface area (Å²) in [4.78, 5) is 2.65. The Labute approximate surface area is 129 Å². The van der Waals surface area contributed by atoms with Crippen molar-refractivity contribution >= 4 is 0 Å². The third-order valence-electron chi connectivity index (χ3n) is 5.34. The van der Waals surface area contributed by atoms with Crippen LogP contribution in [0.1, 0.15) is 57.1 Å². The molecule has 2 aliphatic rings. The van der Waals surface area contributed by atoms with Gasteiger partial charge in [0.2, 0.25) is 0 Å². The van der Waals surface area contributed by atoms with Gasteiger partial charge in [0.25, 0.3) is 0 Å². The molecule has 3 unspecified atom stereocenters. The maximum atomic E-state index is 3.74. The second kappa shape index (κ2) is 6.93. The van der Waals surface area contributed by atoms with Gasteiger partial charge in [0, 0.05) is 24.7 Å². The minimum absolute atomic E-state index is 0.516. The normalized spacial score (nSPS) is 27.8. The largest absolute Gasteiger partial charge is 0.312 e. The van der Waals surface area contributed by atoms with Crippen molar-refractivity contribution in [3.8, 4) is 0 Å². The van der Waals surface area contributed by atoms with E-state index in [-0.39, 0.29) is 0 Å². The zero-order valence-electron chi connectivity index (χ0n) is 13.6. The summed E-state index contributed by atoms with van der Waals surface area (Å²) in [7, 11) is 2.34. The molecular weight excluding hydrogens is 256 g/mol. The first kappa shape index (κ1) is 15.1. The van der Waals surface area contributed by atoms with Crippen LogP contribution in [-0.2, 0) is 0 Å². The fourth-order valence-corrected chi connectivity index (χ4v) is 3.76. The summed E-state index contributed by atoms with van der Waals surface area (Å²) in [5, 5.41) is 3.74. The highest BCUT2D eigenvalue weighted by Crippen LogP contribution is 2.32. The van der Waals surface area contributed by atoms with Gasteiger partial charge in [-0.25, -0.2) is 0 Å². The van der Waals surface area contributed by atoms with Crippen LogP contribution >= 0.6 is 0 Å². The maximum Gasteiger partial charge on any atom is 0.0472 e. The highest BCUT2D eigenvalue weighted by Gasteiger charge is 2.29. The average Bonchev–Trinajstić information content (AvgIpc) is 3.32. The molecule has 0 heterocycles. The third-order valence-corrected chi connectivity index (χ3v) is 5.34. The van der Waals surface area contributed by atoms with Crippen LogP contribution in [-0.4, -0.2) is 30.6 Å². The van der Waals surface area contributed by atoms with Crippen molar-refractivity contribution in [3.05, 3.63) is 35.9 Å². The van der Waals surface area contributed by atoms with Gasteiger partial charge in [0.15, 0.2) is 0 Å². The Bertz CT molecular complexity index is 426. The Kier molecular flexibility index (Phi) is 4.97. The molecule has 2 nitrogen and oxygen atoms in total. The standard InChI is InChI=1S/C19H30N2/c1-15-7-6-10-18(13-15)21(2)19(14-20-17-11-12-17)16-8-4-3-5-9-16/h3-5,8-9,15,17-20H,6-7,10-14H2,1-2H3. The molecule has 2 aliphatic carbocycles. The highest BCUT2D eigenvalue weighted by atomic mass is 15.2. The molecular formula is C19H30N2. The van der Waals surface area contributed by atoms with E-state index in [9.17, 15) is 0 Å². The Morgan fingerprint density at radius 2 is 1.90 bits per heavy atom. The van der Waals surface area contributed by atoms with E-state index < -0.39 is 0 Å². The van der Waals surface area contributed by atoms with Gasteiger partial charge >= 0.3 is 0 Å². The molecule has 2 fully saturated rings. The second-order valence-electron chi connectivity index (χ2n) is 7.20. The summed E-state index contributed by atoms with van der Waals surface area (Å²) >= 11 is 0.